The number of carbonyl (C=O) groups excluding carboxylic acids is 3. The molecule has 2 N–H and O–H groups in total. The Labute approximate surface area is 162 Å². The molecule has 0 saturated heterocycles. The van der Waals surface area contributed by atoms with Crippen molar-refractivity contribution in [1.29, 1.82) is 0 Å². The van der Waals surface area contributed by atoms with E-state index in [1.54, 1.807) is 20.8 Å². The maximum Gasteiger partial charge on any atom is 0.355 e. The van der Waals surface area contributed by atoms with Gasteiger partial charge in [-0.1, -0.05) is 18.2 Å². The van der Waals surface area contributed by atoms with Crippen molar-refractivity contribution in [3.8, 4) is 0 Å². The summed E-state index contributed by atoms with van der Waals surface area (Å²) >= 11 is 0. The predicted molar refractivity (Wildman–Crippen MR) is 103 cm³/mol. The number of ketones is 1. The summed E-state index contributed by atoms with van der Waals surface area (Å²) in [5.74, 6) is -0.654. The van der Waals surface area contributed by atoms with Crippen LogP contribution in [0.1, 0.15) is 57.8 Å². The van der Waals surface area contributed by atoms with Gasteiger partial charge >= 0.3 is 5.97 Å². The normalized spacial score (nSPS) is 12.0. The first-order chi connectivity index (χ1) is 13.3. The number of aryl methyl sites for hydroxylation is 1. The zero-order chi connectivity index (χ0) is 20.4. The summed E-state index contributed by atoms with van der Waals surface area (Å²) in [4.78, 5) is 38.9. The van der Waals surface area contributed by atoms with E-state index in [1.165, 1.54) is 6.92 Å². The third kappa shape index (κ3) is 3.83. The fraction of sp³-hybridized carbons (Fsp3) is 0.286. The van der Waals surface area contributed by atoms with Crippen molar-refractivity contribution in [2.45, 2.75) is 33.7 Å². The van der Waals surface area contributed by atoms with Gasteiger partial charge in [0.1, 0.15) is 17.0 Å². The van der Waals surface area contributed by atoms with E-state index in [9.17, 15) is 14.4 Å². The average molecular weight is 382 g/mol. The van der Waals surface area contributed by atoms with Gasteiger partial charge in [0.05, 0.1) is 6.04 Å². The average Bonchev–Trinajstić information content (AvgIpc) is 3.20. The number of furan rings is 1. The largest absolute Gasteiger partial charge is 0.459 e. The number of rotatable bonds is 6. The Morgan fingerprint density at radius 2 is 1.93 bits per heavy atom. The number of aromatic amines is 1. The molecule has 0 unspecified atom stereocenters. The summed E-state index contributed by atoms with van der Waals surface area (Å²) in [6.45, 7) is 6.17. The molecule has 0 bridgehead atoms. The van der Waals surface area contributed by atoms with Gasteiger partial charge in [0.15, 0.2) is 12.4 Å². The Bertz CT molecular complexity index is 1030. The number of nitrogens with one attached hydrogen (secondary N) is 2. The van der Waals surface area contributed by atoms with Gasteiger partial charge in [-0.15, -0.1) is 0 Å². The van der Waals surface area contributed by atoms with Crippen molar-refractivity contribution >= 4 is 28.6 Å². The van der Waals surface area contributed by atoms with Gasteiger partial charge < -0.3 is 19.5 Å². The first-order valence-electron chi connectivity index (χ1n) is 8.93. The van der Waals surface area contributed by atoms with Gasteiger partial charge in [-0.2, -0.15) is 0 Å². The maximum atomic E-state index is 12.3. The summed E-state index contributed by atoms with van der Waals surface area (Å²) < 4.78 is 10.8. The van der Waals surface area contributed by atoms with Crippen LogP contribution in [0, 0.1) is 13.8 Å². The molecule has 7 heteroatoms. The van der Waals surface area contributed by atoms with Crippen molar-refractivity contribution < 1.29 is 23.5 Å². The van der Waals surface area contributed by atoms with Crippen LogP contribution in [-0.2, 0) is 9.53 Å². The molecule has 28 heavy (non-hydrogen) atoms. The van der Waals surface area contributed by atoms with Crippen LogP contribution in [0.15, 0.2) is 34.7 Å². The SMILES string of the molecule is CC(=O)c1c(C)[nH]c(C(=O)OCC(=O)N[C@@H](C)c2cc3ccccc3o2)c1C. The number of amides is 1. The molecular formula is C21H22N2O5. The molecule has 0 aliphatic heterocycles. The number of hydrogen-bond donors (Lipinski definition) is 2. The number of ether oxygens (including phenoxy) is 1. The molecule has 0 aliphatic rings. The topological polar surface area (TPSA) is 101 Å². The fourth-order valence-electron chi connectivity index (χ4n) is 3.26. The molecule has 0 spiro atoms. The second kappa shape index (κ2) is 7.72. The number of hydrogen-bond acceptors (Lipinski definition) is 5. The molecule has 0 saturated carbocycles. The fourth-order valence-corrected chi connectivity index (χ4v) is 3.26. The predicted octanol–water partition coefficient (Wildman–Crippen LogP) is 3.61. The third-order valence-corrected chi connectivity index (χ3v) is 4.58. The smallest absolute Gasteiger partial charge is 0.355 e. The molecule has 1 aromatic carbocycles. The molecule has 0 fully saturated rings. The lowest BCUT2D eigenvalue weighted by atomic mass is 10.1. The Morgan fingerprint density at radius 3 is 2.57 bits per heavy atom. The maximum absolute atomic E-state index is 12.3. The molecule has 3 aromatic rings. The number of esters is 1. The summed E-state index contributed by atoms with van der Waals surface area (Å²) in [6, 6.07) is 9.05. The minimum Gasteiger partial charge on any atom is -0.459 e. The molecule has 7 nitrogen and oxygen atoms in total. The molecule has 1 atom stereocenters. The second-order valence-electron chi connectivity index (χ2n) is 6.73. The van der Waals surface area contributed by atoms with Gasteiger partial charge in [0.2, 0.25) is 0 Å². The van der Waals surface area contributed by atoms with Crippen LogP contribution in [0.4, 0.5) is 0 Å². The number of benzene rings is 1. The number of aromatic nitrogens is 1. The number of Topliss-reactive ketones (excluding diaryl/α,β-unsaturated/α-hetero) is 1. The van der Waals surface area contributed by atoms with Crippen molar-refractivity contribution in [1.82, 2.24) is 10.3 Å². The van der Waals surface area contributed by atoms with Crippen LogP contribution in [0.2, 0.25) is 0 Å². The van der Waals surface area contributed by atoms with E-state index in [4.69, 9.17) is 9.15 Å². The van der Waals surface area contributed by atoms with E-state index >= 15 is 0 Å². The zero-order valence-electron chi connectivity index (χ0n) is 16.2. The molecular weight excluding hydrogens is 360 g/mol. The summed E-state index contributed by atoms with van der Waals surface area (Å²) in [5, 5.41) is 3.69. The van der Waals surface area contributed by atoms with Crippen molar-refractivity contribution in [2.75, 3.05) is 6.61 Å². The Balaban J connectivity index is 1.60. The van der Waals surface area contributed by atoms with E-state index in [-0.39, 0.29) is 17.5 Å². The van der Waals surface area contributed by atoms with Crippen LogP contribution in [0.3, 0.4) is 0 Å². The molecule has 0 aliphatic carbocycles. The zero-order valence-corrected chi connectivity index (χ0v) is 16.2. The number of carbonyl (C=O) groups is 3. The van der Waals surface area contributed by atoms with E-state index in [0.717, 1.165) is 11.0 Å². The lowest BCUT2D eigenvalue weighted by molar-refractivity contribution is -0.125. The highest BCUT2D eigenvalue weighted by Crippen LogP contribution is 2.23. The highest BCUT2D eigenvalue weighted by Gasteiger charge is 2.22. The number of H-pyrrole nitrogens is 1. The third-order valence-electron chi connectivity index (χ3n) is 4.58. The van der Waals surface area contributed by atoms with Crippen LogP contribution in [0.5, 0.6) is 0 Å². The van der Waals surface area contributed by atoms with Crippen molar-refractivity contribution in [3.63, 3.8) is 0 Å². The monoisotopic (exact) mass is 382 g/mol. The molecule has 1 amide bonds. The van der Waals surface area contributed by atoms with E-state index in [0.29, 0.717) is 22.6 Å². The second-order valence-corrected chi connectivity index (χ2v) is 6.73. The van der Waals surface area contributed by atoms with Crippen LogP contribution >= 0.6 is 0 Å². The molecule has 2 heterocycles. The van der Waals surface area contributed by atoms with Crippen molar-refractivity contribution in [3.05, 3.63) is 58.6 Å². The molecule has 2 aromatic heterocycles. The summed E-state index contributed by atoms with van der Waals surface area (Å²) in [7, 11) is 0. The first kappa shape index (κ1) is 19.4. The quantitative estimate of drug-likeness (QED) is 0.501. The molecule has 146 valence electrons. The van der Waals surface area contributed by atoms with Gasteiger partial charge in [-0.3, -0.25) is 9.59 Å². The lowest BCUT2D eigenvalue weighted by Crippen LogP contribution is -2.31. The van der Waals surface area contributed by atoms with Crippen LogP contribution < -0.4 is 5.32 Å². The van der Waals surface area contributed by atoms with Crippen LogP contribution in [0.25, 0.3) is 11.0 Å². The summed E-state index contributed by atoms with van der Waals surface area (Å²) in [5.41, 5.74) is 2.51. The first-order valence-corrected chi connectivity index (χ1v) is 8.93. The van der Waals surface area contributed by atoms with Gasteiger partial charge in [0.25, 0.3) is 5.91 Å². The molecule has 3 rings (SSSR count). The Kier molecular flexibility index (Phi) is 5.35. The van der Waals surface area contributed by atoms with Gasteiger partial charge in [0, 0.05) is 16.6 Å². The van der Waals surface area contributed by atoms with Gasteiger partial charge in [-0.05, 0) is 45.4 Å². The van der Waals surface area contributed by atoms with Crippen LogP contribution in [-0.4, -0.2) is 29.3 Å². The highest BCUT2D eigenvalue weighted by molar-refractivity contribution is 6.01. The Morgan fingerprint density at radius 1 is 1.21 bits per heavy atom. The van der Waals surface area contributed by atoms with E-state index in [2.05, 4.69) is 10.3 Å². The number of para-hydroxylation sites is 1. The molecule has 0 radical (unpaired) electrons. The minimum absolute atomic E-state index is 0.136. The summed E-state index contributed by atoms with van der Waals surface area (Å²) in [6.07, 6.45) is 0. The van der Waals surface area contributed by atoms with E-state index < -0.39 is 18.5 Å². The standard InChI is InChI=1S/C21H22N2O5/c1-11-19(14(4)24)13(3)23-20(11)21(26)27-10-18(25)22-12(2)17-9-15-7-5-6-8-16(15)28-17/h5-9,12,23H,10H2,1-4H3,(H,22,25)/t12-/m0/s1. The lowest BCUT2D eigenvalue weighted by Gasteiger charge is -2.11. The highest BCUT2D eigenvalue weighted by atomic mass is 16.5. The van der Waals surface area contributed by atoms with Crippen molar-refractivity contribution in [2.24, 2.45) is 0 Å². The minimum atomic E-state index is -0.681. The Hall–Kier alpha value is -3.35. The van der Waals surface area contributed by atoms with Gasteiger partial charge in [-0.25, -0.2) is 4.79 Å². The van der Waals surface area contributed by atoms with E-state index in [1.807, 2.05) is 30.3 Å². The number of fused-ring (bicyclic) bond motifs is 1.